The average molecular weight is 393 g/mol. The average Bonchev–Trinajstić information content (AvgIpc) is 3.11. The van der Waals surface area contributed by atoms with Gasteiger partial charge in [-0.3, -0.25) is 0 Å². The summed E-state index contributed by atoms with van der Waals surface area (Å²) in [5, 5.41) is 0. The van der Waals surface area contributed by atoms with Gasteiger partial charge < -0.3 is 0 Å². The summed E-state index contributed by atoms with van der Waals surface area (Å²) in [6, 6.07) is 0. The fourth-order valence-electron chi connectivity index (χ4n) is 5.67. The molecule has 0 radical (unpaired) electrons. The van der Waals surface area contributed by atoms with Crippen LogP contribution in [0.4, 0.5) is 0 Å². The summed E-state index contributed by atoms with van der Waals surface area (Å²) in [5.74, 6) is 4.21. The molecule has 0 nitrogen and oxygen atoms in total. The Kier molecular flexibility index (Phi) is 16.6. The highest BCUT2D eigenvalue weighted by Gasteiger charge is 2.22. The molecule has 0 aliphatic heterocycles. The summed E-state index contributed by atoms with van der Waals surface area (Å²) >= 11 is 0. The maximum Gasteiger partial charge on any atom is -0.0388 e. The minimum atomic E-state index is 1.02. The van der Waals surface area contributed by atoms with Gasteiger partial charge in [0.05, 0.1) is 0 Å². The van der Waals surface area contributed by atoms with Gasteiger partial charge in [-0.2, -0.15) is 0 Å². The van der Waals surface area contributed by atoms with Gasteiger partial charge in [0.1, 0.15) is 0 Å². The van der Waals surface area contributed by atoms with Crippen LogP contribution in [0, 0.1) is 23.7 Å². The summed E-state index contributed by atoms with van der Waals surface area (Å²) in [6.45, 7) is 9.51. The number of hydrogen-bond acceptors (Lipinski definition) is 0. The van der Waals surface area contributed by atoms with Crippen molar-refractivity contribution in [2.24, 2.45) is 23.7 Å². The van der Waals surface area contributed by atoms with E-state index in [9.17, 15) is 0 Å². The lowest BCUT2D eigenvalue weighted by Gasteiger charge is -2.28. The third-order valence-electron chi connectivity index (χ3n) is 7.94. The first-order valence-corrected chi connectivity index (χ1v) is 13.7. The standard InChI is InChI=1S/C16H32.C12H24/c1-3-4-5-6-7-8-9-10-13-16-14-11-12-15(16)2;1-3-4-5-9-12-10-7-6-8-11(12)2/h15-16H,3-14H2,1-2H3;11-12H,3-10H2,1-2H3/t15-,16?;11-,12?/m11/s1. The van der Waals surface area contributed by atoms with E-state index in [0.717, 1.165) is 23.7 Å². The molecule has 0 bridgehead atoms. The number of rotatable bonds is 13. The van der Waals surface area contributed by atoms with Crippen molar-refractivity contribution in [2.45, 2.75) is 156 Å². The van der Waals surface area contributed by atoms with Gasteiger partial charge in [-0.1, -0.05) is 156 Å². The van der Waals surface area contributed by atoms with E-state index in [4.69, 9.17) is 0 Å². The monoisotopic (exact) mass is 392 g/mol. The van der Waals surface area contributed by atoms with E-state index in [2.05, 4.69) is 27.7 Å². The van der Waals surface area contributed by atoms with Gasteiger partial charge in [-0.25, -0.2) is 0 Å². The van der Waals surface area contributed by atoms with Crippen molar-refractivity contribution in [3.8, 4) is 0 Å². The molecule has 28 heavy (non-hydrogen) atoms. The highest BCUT2D eigenvalue weighted by molar-refractivity contribution is 4.74. The zero-order chi connectivity index (χ0) is 20.5. The molecule has 0 spiro atoms. The van der Waals surface area contributed by atoms with E-state index in [1.807, 2.05) is 0 Å². The minimum Gasteiger partial charge on any atom is -0.0654 e. The Morgan fingerprint density at radius 1 is 0.464 bits per heavy atom. The molecule has 2 aliphatic carbocycles. The zero-order valence-electron chi connectivity index (χ0n) is 20.5. The van der Waals surface area contributed by atoms with E-state index in [1.54, 1.807) is 0 Å². The van der Waals surface area contributed by atoms with Crippen LogP contribution in [0.3, 0.4) is 0 Å². The molecule has 0 aromatic carbocycles. The highest BCUT2D eigenvalue weighted by atomic mass is 14.3. The van der Waals surface area contributed by atoms with Crippen LogP contribution in [0.25, 0.3) is 0 Å². The van der Waals surface area contributed by atoms with Gasteiger partial charge in [-0.05, 0) is 23.7 Å². The maximum absolute atomic E-state index is 2.46. The molecule has 2 rings (SSSR count). The lowest BCUT2D eigenvalue weighted by molar-refractivity contribution is 0.236. The second-order valence-corrected chi connectivity index (χ2v) is 10.4. The van der Waals surface area contributed by atoms with Gasteiger partial charge in [0.25, 0.3) is 0 Å². The minimum absolute atomic E-state index is 1.02. The molecular formula is C28H56. The fraction of sp³-hybridized carbons (Fsp3) is 1.00. The van der Waals surface area contributed by atoms with Crippen molar-refractivity contribution >= 4 is 0 Å². The van der Waals surface area contributed by atoms with Crippen LogP contribution in [-0.2, 0) is 0 Å². The Bertz CT molecular complexity index is 320. The van der Waals surface area contributed by atoms with Gasteiger partial charge in [0.2, 0.25) is 0 Å². The lowest BCUT2D eigenvalue weighted by atomic mass is 9.78. The first kappa shape index (κ1) is 26.0. The second kappa shape index (κ2) is 17.8. The Hall–Kier alpha value is 0. The molecular weight excluding hydrogens is 336 g/mol. The third-order valence-corrected chi connectivity index (χ3v) is 7.94. The van der Waals surface area contributed by atoms with Gasteiger partial charge in [-0.15, -0.1) is 0 Å². The molecule has 2 fully saturated rings. The normalized spacial score (nSPS) is 27.4. The van der Waals surface area contributed by atoms with Crippen molar-refractivity contribution in [1.29, 1.82) is 0 Å². The fourth-order valence-corrected chi connectivity index (χ4v) is 5.67. The van der Waals surface area contributed by atoms with Gasteiger partial charge >= 0.3 is 0 Å². The predicted molar refractivity (Wildman–Crippen MR) is 129 cm³/mol. The van der Waals surface area contributed by atoms with Crippen molar-refractivity contribution < 1.29 is 0 Å². The summed E-state index contributed by atoms with van der Waals surface area (Å²) in [7, 11) is 0. The Labute approximate surface area is 180 Å². The van der Waals surface area contributed by atoms with Crippen LogP contribution < -0.4 is 0 Å². The molecule has 2 saturated carbocycles. The van der Waals surface area contributed by atoms with Crippen molar-refractivity contribution in [1.82, 2.24) is 0 Å². The zero-order valence-corrected chi connectivity index (χ0v) is 20.5. The van der Waals surface area contributed by atoms with Gasteiger partial charge in [0, 0.05) is 0 Å². The van der Waals surface area contributed by atoms with Crippen LogP contribution in [0.15, 0.2) is 0 Å². The Balaban J connectivity index is 0.000000292. The summed E-state index contributed by atoms with van der Waals surface area (Å²) in [4.78, 5) is 0. The molecule has 0 aromatic heterocycles. The van der Waals surface area contributed by atoms with Crippen molar-refractivity contribution in [2.75, 3.05) is 0 Å². The molecule has 0 amide bonds. The first-order valence-electron chi connectivity index (χ1n) is 13.7. The molecule has 0 heterocycles. The van der Waals surface area contributed by atoms with E-state index in [1.165, 1.54) is 128 Å². The van der Waals surface area contributed by atoms with E-state index in [0.29, 0.717) is 0 Å². The highest BCUT2D eigenvalue weighted by Crippen LogP contribution is 2.35. The van der Waals surface area contributed by atoms with Crippen molar-refractivity contribution in [3.63, 3.8) is 0 Å². The SMILES string of the molecule is CCCCCC1CCCC[C@H]1C.CCCCCCCCCCC1CCC[C@H]1C. The molecule has 0 heteroatoms. The smallest absolute Gasteiger partial charge is 0.0388 e. The molecule has 4 atom stereocenters. The Morgan fingerprint density at radius 2 is 0.857 bits per heavy atom. The molecule has 2 unspecified atom stereocenters. The molecule has 168 valence electrons. The summed E-state index contributed by atoms with van der Waals surface area (Å²) in [5.41, 5.74) is 0. The largest absolute Gasteiger partial charge is 0.0654 e. The van der Waals surface area contributed by atoms with E-state index < -0.39 is 0 Å². The van der Waals surface area contributed by atoms with Gasteiger partial charge in [0.15, 0.2) is 0 Å². The summed E-state index contributed by atoms with van der Waals surface area (Å²) < 4.78 is 0. The maximum atomic E-state index is 2.46. The Morgan fingerprint density at radius 3 is 1.39 bits per heavy atom. The first-order chi connectivity index (χ1) is 13.7. The molecule has 0 aromatic rings. The predicted octanol–water partition coefficient (Wildman–Crippen LogP) is 10.3. The molecule has 0 saturated heterocycles. The number of unbranched alkanes of at least 4 members (excludes halogenated alkanes) is 9. The second-order valence-electron chi connectivity index (χ2n) is 10.4. The van der Waals surface area contributed by atoms with Crippen LogP contribution in [-0.4, -0.2) is 0 Å². The van der Waals surface area contributed by atoms with Crippen LogP contribution in [0.2, 0.25) is 0 Å². The topological polar surface area (TPSA) is 0 Å². The van der Waals surface area contributed by atoms with Crippen LogP contribution in [0.1, 0.15) is 156 Å². The van der Waals surface area contributed by atoms with E-state index >= 15 is 0 Å². The van der Waals surface area contributed by atoms with Crippen molar-refractivity contribution in [3.05, 3.63) is 0 Å². The quantitative estimate of drug-likeness (QED) is 0.273. The van der Waals surface area contributed by atoms with E-state index in [-0.39, 0.29) is 0 Å². The molecule has 0 N–H and O–H groups in total. The number of hydrogen-bond donors (Lipinski definition) is 0. The molecule has 2 aliphatic rings. The summed E-state index contributed by atoms with van der Waals surface area (Å²) in [6.07, 6.45) is 29.6. The lowest BCUT2D eigenvalue weighted by Crippen LogP contribution is -2.16. The van der Waals surface area contributed by atoms with Crippen LogP contribution >= 0.6 is 0 Å². The van der Waals surface area contributed by atoms with Crippen LogP contribution in [0.5, 0.6) is 0 Å². The third kappa shape index (κ3) is 12.5.